The van der Waals surface area contributed by atoms with E-state index in [1.807, 2.05) is 18.2 Å². The molecule has 2 amide bonds. The molecule has 8 heteroatoms. The summed E-state index contributed by atoms with van der Waals surface area (Å²) < 4.78 is 6.18. The number of para-hydroxylation sites is 1. The van der Waals surface area contributed by atoms with E-state index in [4.69, 9.17) is 22.1 Å². The number of carbonyl (C=O) groups is 2. The second-order valence-electron chi connectivity index (χ2n) is 10.1. The van der Waals surface area contributed by atoms with Crippen LogP contribution in [0.25, 0.3) is 0 Å². The number of nitrogens with two attached hydrogens (primary N) is 1. The van der Waals surface area contributed by atoms with Crippen molar-refractivity contribution in [3.63, 3.8) is 0 Å². The number of carbonyl (C=O) groups excluding carboxylic acids is 2. The topological polar surface area (TPSA) is 87.9 Å². The van der Waals surface area contributed by atoms with Gasteiger partial charge in [0, 0.05) is 45.9 Å². The van der Waals surface area contributed by atoms with Crippen molar-refractivity contribution in [1.29, 1.82) is 0 Å². The van der Waals surface area contributed by atoms with Gasteiger partial charge >= 0.3 is 0 Å². The second kappa shape index (κ2) is 11.7. The minimum atomic E-state index is -0.320. The summed E-state index contributed by atoms with van der Waals surface area (Å²) in [6.45, 7) is 7.73. The molecule has 2 bridgehead atoms. The van der Waals surface area contributed by atoms with Crippen LogP contribution in [-0.4, -0.2) is 68.7 Å². The lowest BCUT2D eigenvalue weighted by molar-refractivity contribution is -0.135. The summed E-state index contributed by atoms with van der Waals surface area (Å²) in [5.74, 6) is -0.352. The normalized spacial score (nSPS) is 27.6. The number of anilines is 1. The third-order valence-electron chi connectivity index (χ3n) is 7.93. The number of unbranched alkanes of at least 4 members (excludes halogenated alkanes) is 1. The average molecular weight is 491 g/mol. The Kier molecular flexibility index (Phi) is 8.72. The zero-order chi connectivity index (χ0) is 24.1. The van der Waals surface area contributed by atoms with E-state index < -0.39 is 0 Å². The number of primary amides is 1. The fourth-order valence-electron chi connectivity index (χ4n) is 6.15. The fraction of sp³-hybridized carbons (Fsp3) is 0.692. The van der Waals surface area contributed by atoms with Crippen LogP contribution in [0.4, 0.5) is 5.69 Å². The lowest BCUT2D eigenvalue weighted by atomic mass is 9.78. The molecule has 3 unspecified atom stereocenters. The van der Waals surface area contributed by atoms with E-state index in [0.717, 1.165) is 75.5 Å². The molecule has 1 saturated heterocycles. The molecule has 3 N–H and O–H groups in total. The molecule has 1 heterocycles. The lowest BCUT2D eigenvalue weighted by Gasteiger charge is -2.38. The van der Waals surface area contributed by atoms with Crippen molar-refractivity contribution in [2.75, 3.05) is 50.8 Å². The van der Waals surface area contributed by atoms with Gasteiger partial charge in [0.1, 0.15) is 0 Å². The maximum absolute atomic E-state index is 13.1. The largest absolute Gasteiger partial charge is 0.375 e. The molecule has 0 aromatic heterocycles. The number of hydrogen-bond donors (Lipinski definition) is 2. The van der Waals surface area contributed by atoms with Crippen LogP contribution in [0.5, 0.6) is 0 Å². The van der Waals surface area contributed by atoms with Crippen LogP contribution in [0, 0.1) is 23.7 Å². The maximum Gasteiger partial charge on any atom is 0.224 e. The number of fused-ring (bicyclic) bond motifs is 2. The Morgan fingerprint density at radius 3 is 2.53 bits per heavy atom. The van der Waals surface area contributed by atoms with Crippen LogP contribution in [0.15, 0.2) is 24.3 Å². The highest BCUT2D eigenvalue weighted by atomic mass is 35.5. The molecule has 1 aliphatic heterocycles. The number of rotatable bonds is 11. The lowest BCUT2D eigenvalue weighted by Crippen LogP contribution is -2.51. The molecular weight excluding hydrogens is 452 g/mol. The van der Waals surface area contributed by atoms with Gasteiger partial charge in [0.05, 0.1) is 28.6 Å². The van der Waals surface area contributed by atoms with Gasteiger partial charge in [-0.25, -0.2) is 0 Å². The third-order valence-corrected chi connectivity index (χ3v) is 8.25. The predicted octanol–water partition coefficient (Wildman–Crippen LogP) is 2.91. The van der Waals surface area contributed by atoms with Crippen molar-refractivity contribution in [2.45, 2.75) is 45.1 Å². The Hall–Kier alpha value is -1.83. The van der Waals surface area contributed by atoms with Crippen LogP contribution in [0.3, 0.4) is 0 Å². The van der Waals surface area contributed by atoms with E-state index in [0.29, 0.717) is 19.1 Å². The van der Waals surface area contributed by atoms with E-state index >= 15 is 0 Å². The fourth-order valence-corrected chi connectivity index (χ4v) is 6.40. The van der Waals surface area contributed by atoms with E-state index in [9.17, 15) is 9.59 Å². The minimum absolute atomic E-state index is 0.0244. The van der Waals surface area contributed by atoms with Crippen molar-refractivity contribution in [3.05, 3.63) is 29.3 Å². The summed E-state index contributed by atoms with van der Waals surface area (Å²) >= 11 is 6.38. The van der Waals surface area contributed by atoms with Gasteiger partial charge in [-0.05, 0) is 49.7 Å². The number of piperazine rings is 1. The highest BCUT2D eigenvalue weighted by Gasteiger charge is 2.53. The SMILES string of the molecule is CCCCOC(CNC(=O)C1C(C(N)=O)[C@@H]2CC[C@H]1C2)CN1CCN(c2ccccc2Cl)CC1. The average Bonchev–Trinajstić information content (AvgIpc) is 3.45. The van der Waals surface area contributed by atoms with Gasteiger partial charge in [-0.3, -0.25) is 14.5 Å². The Morgan fingerprint density at radius 2 is 1.85 bits per heavy atom. The van der Waals surface area contributed by atoms with Crippen LogP contribution in [0.1, 0.15) is 39.0 Å². The van der Waals surface area contributed by atoms with Crippen LogP contribution >= 0.6 is 11.6 Å². The first-order valence-corrected chi connectivity index (χ1v) is 13.3. The molecule has 1 aromatic carbocycles. The quantitative estimate of drug-likeness (QED) is 0.466. The molecule has 188 valence electrons. The van der Waals surface area contributed by atoms with Gasteiger partial charge in [0.25, 0.3) is 0 Å². The van der Waals surface area contributed by atoms with Crippen molar-refractivity contribution in [2.24, 2.45) is 29.4 Å². The molecule has 0 spiro atoms. The van der Waals surface area contributed by atoms with Gasteiger partial charge in [0.15, 0.2) is 0 Å². The number of hydrogen-bond acceptors (Lipinski definition) is 5. The first-order chi connectivity index (χ1) is 16.5. The van der Waals surface area contributed by atoms with Crippen molar-refractivity contribution in [3.8, 4) is 0 Å². The summed E-state index contributed by atoms with van der Waals surface area (Å²) in [4.78, 5) is 29.9. The molecule has 3 fully saturated rings. The Balaban J connectivity index is 1.30. The number of nitrogens with zero attached hydrogens (tertiary/aromatic N) is 2. The zero-order valence-electron chi connectivity index (χ0n) is 20.3. The van der Waals surface area contributed by atoms with E-state index in [1.54, 1.807) is 0 Å². The monoisotopic (exact) mass is 490 g/mol. The number of ether oxygens (including phenoxy) is 1. The smallest absolute Gasteiger partial charge is 0.224 e. The minimum Gasteiger partial charge on any atom is -0.375 e. The summed E-state index contributed by atoms with van der Waals surface area (Å²) in [5.41, 5.74) is 6.76. The van der Waals surface area contributed by atoms with Gasteiger partial charge in [-0.1, -0.05) is 37.1 Å². The summed E-state index contributed by atoms with van der Waals surface area (Å²) in [6.07, 6.45) is 5.00. The third kappa shape index (κ3) is 5.86. The second-order valence-corrected chi connectivity index (χ2v) is 10.5. The molecule has 7 nitrogen and oxygen atoms in total. The van der Waals surface area contributed by atoms with Crippen LogP contribution < -0.4 is 16.0 Å². The number of nitrogens with one attached hydrogen (secondary N) is 1. The first kappa shape index (κ1) is 25.3. The van der Waals surface area contributed by atoms with Crippen molar-refractivity contribution < 1.29 is 14.3 Å². The Bertz CT molecular complexity index is 845. The molecular formula is C26H39ClN4O3. The van der Waals surface area contributed by atoms with E-state index in [-0.39, 0.29) is 35.7 Å². The molecule has 1 aromatic rings. The first-order valence-electron chi connectivity index (χ1n) is 12.9. The summed E-state index contributed by atoms with van der Waals surface area (Å²) in [5, 5.41) is 3.91. The number of amides is 2. The Morgan fingerprint density at radius 1 is 1.15 bits per heavy atom. The van der Waals surface area contributed by atoms with Gasteiger partial charge in [-0.15, -0.1) is 0 Å². The Labute approximate surface area is 208 Å². The zero-order valence-corrected chi connectivity index (χ0v) is 21.0. The highest BCUT2D eigenvalue weighted by Crippen LogP contribution is 2.52. The molecule has 5 atom stereocenters. The van der Waals surface area contributed by atoms with Gasteiger partial charge in [0.2, 0.25) is 11.8 Å². The van der Waals surface area contributed by atoms with E-state index in [1.165, 1.54) is 0 Å². The summed E-state index contributed by atoms with van der Waals surface area (Å²) in [6, 6.07) is 7.98. The highest BCUT2D eigenvalue weighted by molar-refractivity contribution is 6.33. The van der Waals surface area contributed by atoms with E-state index in [2.05, 4.69) is 28.1 Å². The maximum atomic E-state index is 13.1. The van der Waals surface area contributed by atoms with Crippen molar-refractivity contribution in [1.82, 2.24) is 10.2 Å². The standard InChI is InChI=1S/C26H39ClN4O3/c1-2-3-14-34-20(16-29-26(33)24-19-9-8-18(15-19)23(24)25(28)32)17-30-10-12-31(13-11-30)22-7-5-4-6-21(22)27/h4-7,18-20,23-24H,2-3,8-17H2,1H3,(H2,28,32)(H,29,33)/t18-,19+,20?,23?,24?/m1/s1. The number of benzene rings is 1. The number of halogens is 1. The van der Waals surface area contributed by atoms with Crippen molar-refractivity contribution >= 4 is 29.1 Å². The molecule has 4 rings (SSSR count). The molecule has 2 aliphatic carbocycles. The molecule has 0 radical (unpaired) electrons. The van der Waals surface area contributed by atoms with Gasteiger partial charge < -0.3 is 20.7 Å². The predicted molar refractivity (Wildman–Crippen MR) is 135 cm³/mol. The molecule has 3 aliphatic rings. The molecule has 34 heavy (non-hydrogen) atoms. The van der Waals surface area contributed by atoms with Gasteiger partial charge in [-0.2, -0.15) is 0 Å². The summed E-state index contributed by atoms with van der Waals surface area (Å²) in [7, 11) is 0. The van der Waals surface area contributed by atoms with Crippen LogP contribution in [0.2, 0.25) is 5.02 Å². The molecule has 2 saturated carbocycles. The van der Waals surface area contributed by atoms with Crippen LogP contribution in [-0.2, 0) is 14.3 Å².